The Balaban J connectivity index is 1.41. The second-order valence-corrected chi connectivity index (χ2v) is 9.22. The van der Waals surface area contributed by atoms with Gasteiger partial charge in [0.15, 0.2) is 0 Å². The Kier molecular flexibility index (Phi) is 5.80. The molecule has 2 aliphatic rings. The number of rotatable bonds is 5. The predicted octanol–water partition coefficient (Wildman–Crippen LogP) is 4.84. The summed E-state index contributed by atoms with van der Waals surface area (Å²) in [6, 6.07) is 4.65. The van der Waals surface area contributed by atoms with Crippen molar-refractivity contribution in [1.82, 2.24) is 4.90 Å². The van der Waals surface area contributed by atoms with Crippen molar-refractivity contribution in [3.63, 3.8) is 0 Å². The first-order valence-electron chi connectivity index (χ1n) is 9.73. The lowest BCUT2D eigenvalue weighted by molar-refractivity contribution is 0.0163. The predicted molar refractivity (Wildman–Crippen MR) is 106 cm³/mol. The molecule has 1 spiro atoms. The fraction of sp³-hybridized carbons (Fsp3) is 0.619. The average molecular weight is 410 g/mol. The summed E-state index contributed by atoms with van der Waals surface area (Å²) in [6.07, 6.45) is 3.93. The molecule has 1 amide bonds. The van der Waals surface area contributed by atoms with Gasteiger partial charge in [-0.25, -0.2) is 9.59 Å². The Labute approximate surface area is 170 Å². The van der Waals surface area contributed by atoms with E-state index in [0.717, 1.165) is 32.4 Å². The van der Waals surface area contributed by atoms with Crippen LogP contribution in [0.3, 0.4) is 0 Å². The molecule has 1 atom stereocenters. The Morgan fingerprint density at radius 2 is 1.96 bits per heavy atom. The monoisotopic (exact) mass is 409 g/mol. The van der Waals surface area contributed by atoms with Crippen molar-refractivity contribution in [3.05, 3.63) is 28.8 Å². The van der Waals surface area contributed by atoms with E-state index in [2.05, 4.69) is 0 Å². The third kappa shape index (κ3) is 4.90. The lowest BCUT2D eigenvalue weighted by Gasteiger charge is -2.34. The second kappa shape index (κ2) is 7.82. The van der Waals surface area contributed by atoms with E-state index in [1.807, 2.05) is 25.7 Å². The van der Waals surface area contributed by atoms with Crippen molar-refractivity contribution in [1.29, 1.82) is 0 Å². The maximum atomic E-state index is 12.2. The van der Waals surface area contributed by atoms with Gasteiger partial charge in [0.25, 0.3) is 0 Å². The molecule has 1 saturated heterocycles. The molecule has 3 rings (SSSR count). The highest BCUT2D eigenvalue weighted by Gasteiger charge is 2.54. The van der Waals surface area contributed by atoms with E-state index in [1.165, 1.54) is 12.5 Å². The summed E-state index contributed by atoms with van der Waals surface area (Å²) in [5, 5.41) is 9.19. The van der Waals surface area contributed by atoms with Crippen molar-refractivity contribution in [2.75, 3.05) is 19.7 Å². The van der Waals surface area contributed by atoms with E-state index >= 15 is 0 Å². The van der Waals surface area contributed by atoms with Crippen LogP contribution in [0.1, 0.15) is 56.8 Å². The number of ether oxygens (including phenoxy) is 2. The zero-order chi connectivity index (χ0) is 20.5. The van der Waals surface area contributed by atoms with Gasteiger partial charge in [0.05, 0.1) is 17.2 Å². The molecule has 0 aromatic heterocycles. The van der Waals surface area contributed by atoms with Gasteiger partial charge in [-0.1, -0.05) is 11.6 Å². The fourth-order valence-electron chi connectivity index (χ4n) is 3.99. The largest absolute Gasteiger partial charge is 0.494 e. The minimum absolute atomic E-state index is 0.0758. The Morgan fingerprint density at radius 1 is 1.29 bits per heavy atom. The molecule has 1 aliphatic carbocycles. The van der Waals surface area contributed by atoms with E-state index in [0.29, 0.717) is 23.7 Å². The van der Waals surface area contributed by atoms with Crippen LogP contribution in [0.2, 0.25) is 5.02 Å². The lowest BCUT2D eigenvalue weighted by Crippen LogP contribution is -2.42. The van der Waals surface area contributed by atoms with E-state index < -0.39 is 11.6 Å². The molecular formula is C21H28ClNO5. The molecule has 2 fully saturated rings. The highest BCUT2D eigenvalue weighted by Crippen LogP contribution is 2.60. The van der Waals surface area contributed by atoms with Crippen molar-refractivity contribution in [2.45, 2.75) is 52.1 Å². The molecule has 7 heteroatoms. The summed E-state index contributed by atoms with van der Waals surface area (Å²) < 4.78 is 11.2. The average Bonchev–Trinajstić information content (AvgIpc) is 3.25. The highest BCUT2D eigenvalue weighted by molar-refractivity contribution is 6.33. The highest BCUT2D eigenvalue weighted by atomic mass is 35.5. The topological polar surface area (TPSA) is 76.1 Å². The summed E-state index contributed by atoms with van der Waals surface area (Å²) in [5.41, 5.74) is -0.0453. The molecule has 1 aromatic rings. The van der Waals surface area contributed by atoms with Gasteiger partial charge in [0.2, 0.25) is 0 Å². The quantitative estimate of drug-likeness (QED) is 0.752. The normalized spacial score (nSPS) is 20.7. The van der Waals surface area contributed by atoms with Crippen LogP contribution >= 0.6 is 11.6 Å². The summed E-state index contributed by atoms with van der Waals surface area (Å²) in [4.78, 5) is 25.0. The number of carbonyl (C=O) groups excluding carboxylic acids is 1. The molecule has 1 aromatic carbocycles. The van der Waals surface area contributed by atoms with Crippen molar-refractivity contribution in [2.24, 2.45) is 11.3 Å². The van der Waals surface area contributed by atoms with Gasteiger partial charge in [-0.3, -0.25) is 0 Å². The minimum atomic E-state index is -1.05. The number of likely N-dealkylation sites (tertiary alicyclic amines) is 1. The first-order chi connectivity index (χ1) is 13.1. The first kappa shape index (κ1) is 20.8. The number of benzene rings is 1. The molecule has 1 aliphatic heterocycles. The Bertz CT molecular complexity index is 750. The number of hydrogen-bond donors (Lipinski definition) is 1. The molecule has 0 bridgehead atoms. The van der Waals surface area contributed by atoms with Crippen LogP contribution in [-0.2, 0) is 4.74 Å². The van der Waals surface area contributed by atoms with Crippen LogP contribution in [0.5, 0.6) is 5.75 Å². The Hall–Kier alpha value is -1.95. The summed E-state index contributed by atoms with van der Waals surface area (Å²) >= 11 is 5.97. The van der Waals surface area contributed by atoms with Gasteiger partial charge < -0.3 is 19.5 Å². The molecule has 28 heavy (non-hydrogen) atoms. The van der Waals surface area contributed by atoms with Crippen LogP contribution in [0.4, 0.5) is 4.79 Å². The molecule has 1 N–H and O–H groups in total. The number of piperidine rings is 1. The number of carboxylic acids is 1. The van der Waals surface area contributed by atoms with Crippen molar-refractivity contribution < 1.29 is 24.2 Å². The number of aromatic carboxylic acids is 1. The van der Waals surface area contributed by atoms with Crippen LogP contribution in [0, 0.1) is 11.3 Å². The molecule has 1 saturated carbocycles. The fourth-order valence-corrected chi connectivity index (χ4v) is 4.24. The third-order valence-corrected chi connectivity index (χ3v) is 5.99. The maximum Gasteiger partial charge on any atom is 0.410 e. The summed E-state index contributed by atoms with van der Waals surface area (Å²) in [6.45, 7) is 7.73. The van der Waals surface area contributed by atoms with Crippen LogP contribution in [-0.4, -0.2) is 47.4 Å². The van der Waals surface area contributed by atoms with Crippen LogP contribution in [0.25, 0.3) is 0 Å². The smallest absolute Gasteiger partial charge is 0.410 e. The van der Waals surface area contributed by atoms with Gasteiger partial charge in [0, 0.05) is 13.1 Å². The number of carbonyl (C=O) groups is 2. The molecule has 1 heterocycles. The number of amides is 1. The van der Waals surface area contributed by atoms with Gasteiger partial charge in [-0.15, -0.1) is 0 Å². The number of hydrogen-bond acceptors (Lipinski definition) is 4. The van der Waals surface area contributed by atoms with E-state index in [4.69, 9.17) is 26.2 Å². The molecular weight excluding hydrogens is 382 g/mol. The summed E-state index contributed by atoms with van der Waals surface area (Å²) in [7, 11) is 0. The maximum absolute atomic E-state index is 12.2. The zero-order valence-electron chi connectivity index (χ0n) is 16.7. The first-order valence-corrected chi connectivity index (χ1v) is 10.1. The zero-order valence-corrected chi connectivity index (χ0v) is 17.4. The minimum Gasteiger partial charge on any atom is -0.494 e. The lowest BCUT2D eigenvalue weighted by atomic mass is 9.90. The van der Waals surface area contributed by atoms with Gasteiger partial charge >= 0.3 is 12.1 Å². The number of nitrogens with zero attached hydrogens (tertiary/aromatic N) is 1. The molecule has 0 radical (unpaired) electrons. The van der Waals surface area contributed by atoms with Gasteiger partial charge in [-0.2, -0.15) is 0 Å². The van der Waals surface area contributed by atoms with Crippen molar-refractivity contribution >= 4 is 23.7 Å². The second-order valence-electron chi connectivity index (χ2n) is 8.81. The molecule has 154 valence electrons. The van der Waals surface area contributed by atoms with Gasteiger partial charge in [-0.05, 0) is 76.0 Å². The summed E-state index contributed by atoms with van der Waals surface area (Å²) in [5.74, 6) is 0.153. The third-order valence-electron chi connectivity index (χ3n) is 5.68. The van der Waals surface area contributed by atoms with E-state index in [1.54, 1.807) is 12.1 Å². The van der Waals surface area contributed by atoms with Gasteiger partial charge in [0.1, 0.15) is 11.4 Å². The van der Waals surface area contributed by atoms with E-state index in [-0.39, 0.29) is 16.7 Å². The molecule has 6 nitrogen and oxygen atoms in total. The van der Waals surface area contributed by atoms with Crippen LogP contribution < -0.4 is 4.74 Å². The number of carboxylic acid groups (broad SMARTS) is 1. The number of halogens is 1. The van der Waals surface area contributed by atoms with Crippen LogP contribution in [0.15, 0.2) is 18.2 Å². The molecule has 0 unspecified atom stereocenters. The van der Waals surface area contributed by atoms with E-state index in [9.17, 15) is 9.59 Å². The standard InChI is InChI=1S/C21H28ClNO5/c1-20(2,3)28-19(26)23-9-7-21(8-10-23)13-14(21)6-11-27-15-4-5-16(18(24)25)17(22)12-15/h4-5,12,14H,6-11,13H2,1-3H3,(H,24,25)/t14-/m0/s1. The SMILES string of the molecule is CC(C)(C)OC(=O)N1CCC2(CC1)C[C@@H]2CCOc1ccc(C(=O)O)c(Cl)c1. The van der Waals surface area contributed by atoms with Crippen molar-refractivity contribution in [3.8, 4) is 5.75 Å². The Morgan fingerprint density at radius 3 is 2.54 bits per heavy atom.